The molecule has 0 unspecified atom stereocenters. The van der Waals surface area contributed by atoms with Crippen LogP contribution in [0.2, 0.25) is 0 Å². The highest BCUT2D eigenvalue weighted by atomic mass is 16.5. The molecule has 20 heavy (non-hydrogen) atoms. The monoisotopic (exact) mass is 272 g/mol. The Balaban J connectivity index is 2.44. The second kappa shape index (κ2) is 6.75. The summed E-state index contributed by atoms with van der Waals surface area (Å²) in [7, 11) is 3.77. The van der Waals surface area contributed by atoms with Gasteiger partial charge in [0, 0.05) is 32.1 Å². The van der Waals surface area contributed by atoms with Gasteiger partial charge in [0.05, 0.1) is 6.61 Å². The molecule has 0 aliphatic carbocycles. The Bertz CT molecular complexity index is 561. The average Bonchev–Trinajstić information content (AvgIpc) is 2.97. The highest BCUT2D eigenvalue weighted by Crippen LogP contribution is 2.21. The summed E-state index contributed by atoms with van der Waals surface area (Å²) < 4.78 is 5.81. The maximum atomic E-state index is 5.81. The molecule has 0 fully saturated rings. The molecule has 0 saturated carbocycles. The number of rotatable bonds is 6. The topological polar surface area (TPSA) is 53.5 Å². The van der Waals surface area contributed by atoms with Crippen LogP contribution in [0.3, 0.4) is 0 Å². The molecule has 1 aromatic carbocycles. The van der Waals surface area contributed by atoms with Gasteiger partial charge in [-0.05, 0) is 18.6 Å². The van der Waals surface area contributed by atoms with Crippen molar-refractivity contribution in [1.29, 1.82) is 0 Å². The standard InChI is InChI=1S/C15H20N4O/c1-4-11-20-13-8-6-5-7-12(13)14(18-19(2)3)15-16-9-10-17-15/h5-10H,4,11H2,1-3H3,(H,16,17). The Kier molecular flexibility index (Phi) is 4.76. The third kappa shape index (κ3) is 3.38. The van der Waals surface area contributed by atoms with E-state index in [9.17, 15) is 0 Å². The zero-order valence-corrected chi connectivity index (χ0v) is 12.1. The van der Waals surface area contributed by atoms with Gasteiger partial charge >= 0.3 is 0 Å². The molecule has 0 amide bonds. The van der Waals surface area contributed by atoms with Gasteiger partial charge in [0.1, 0.15) is 11.5 Å². The molecule has 0 aliphatic rings. The molecule has 0 bridgehead atoms. The summed E-state index contributed by atoms with van der Waals surface area (Å²) in [6.07, 6.45) is 4.47. The highest BCUT2D eigenvalue weighted by molar-refractivity contribution is 6.12. The van der Waals surface area contributed by atoms with Gasteiger partial charge in [0.25, 0.3) is 0 Å². The van der Waals surface area contributed by atoms with E-state index in [1.54, 1.807) is 17.4 Å². The van der Waals surface area contributed by atoms with Crippen molar-refractivity contribution in [3.63, 3.8) is 0 Å². The first kappa shape index (κ1) is 14.1. The SMILES string of the molecule is CCCOc1ccccc1C(=NN(C)C)c1ncc[nH]1. The summed E-state index contributed by atoms with van der Waals surface area (Å²) in [5.74, 6) is 1.55. The number of hydrogen-bond donors (Lipinski definition) is 1. The van der Waals surface area contributed by atoms with E-state index >= 15 is 0 Å². The molecule has 1 N–H and O–H groups in total. The van der Waals surface area contributed by atoms with E-state index in [0.717, 1.165) is 29.3 Å². The molecule has 0 spiro atoms. The molecule has 1 heterocycles. The fourth-order valence-corrected chi connectivity index (χ4v) is 1.82. The van der Waals surface area contributed by atoms with Crippen LogP contribution in [-0.2, 0) is 0 Å². The van der Waals surface area contributed by atoms with Gasteiger partial charge < -0.3 is 14.7 Å². The summed E-state index contributed by atoms with van der Waals surface area (Å²) in [5.41, 5.74) is 1.70. The number of H-pyrrole nitrogens is 1. The molecular formula is C15H20N4O. The number of nitrogens with zero attached hydrogens (tertiary/aromatic N) is 3. The number of para-hydroxylation sites is 1. The zero-order chi connectivity index (χ0) is 14.4. The van der Waals surface area contributed by atoms with Crippen LogP contribution in [0.15, 0.2) is 41.8 Å². The fraction of sp³-hybridized carbons (Fsp3) is 0.333. The number of benzene rings is 1. The molecule has 2 aromatic rings. The van der Waals surface area contributed by atoms with Crippen LogP contribution < -0.4 is 4.74 Å². The lowest BCUT2D eigenvalue weighted by atomic mass is 10.1. The van der Waals surface area contributed by atoms with Gasteiger partial charge in [-0.25, -0.2) is 4.98 Å². The second-order valence-electron chi connectivity index (χ2n) is 4.58. The first-order chi connectivity index (χ1) is 9.72. The summed E-state index contributed by atoms with van der Waals surface area (Å²) in [6.45, 7) is 2.77. The van der Waals surface area contributed by atoms with Crippen molar-refractivity contribution in [2.75, 3.05) is 20.7 Å². The van der Waals surface area contributed by atoms with E-state index in [-0.39, 0.29) is 0 Å². The summed E-state index contributed by atoms with van der Waals surface area (Å²) >= 11 is 0. The minimum absolute atomic E-state index is 0.685. The van der Waals surface area contributed by atoms with Crippen LogP contribution in [0.5, 0.6) is 5.75 Å². The van der Waals surface area contributed by atoms with E-state index in [4.69, 9.17) is 4.74 Å². The summed E-state index contributed by atoms with van der Waals surface area (Å²) in [5, 5.41) is 6.29. The lowest BCUT2D eigenvalue weighted by molar-refractivity contribution is 0.316. The number of ether oxygens (including phenoxy) is 1. The van der Waals surface area contributed by atoms with Crippen LogP contribution in [0.25, 0.3) is 0 Å². The van der Waals surface area contributed by atoms with E-state index in [2.05, 4.69) is 22.0 Å². The number of aromatic nitrogens is 2. The Morgan fingerprint density at radius 2 is 2.15 bits per heavy atom. The van der Waals surface area contributed by atoms with Gasteiger partial charge in [-0.1, -0.05) is 19.1 Å². The van der Waals surface area contributed by atoms with Crippen molar-refractivity contribution in [2.45, 2.75) is 13.3 Å². The Labute approximate surface area is 119 Å². The van der Waals surface area contributed by atoms with Crippen LogP contribution in [-0.4, -0.2) is 41.4 Å². The Morgan fingerprint density at radius 1 is 1.35 bits per heavy atom. The summed E-state index contributed by atoms with van der Waals surface area (Å²) in [6, 6.07) is 7.89. The van der Waals surface area contributed by atoms with Crippen molar-refractivity contribution < 1.29 is 4.74 Å². The van der Waals surface area contributed by atoms with Gasteiger partial charge in [0.2, 0.25) is 0 Å². The summed E-state index contributed by atoms with van der Waals surface area (Å²) in [4.78, 5) is 7.40. The highest BCUT2D eigenvalue weighted by Gasteiger charge is 2.15. The first-order valence-corrected chi connectivity index (χ1v) is 6.70. The molecule has 1 aromatic heterocycles. The number of hydrazone groups is 1. The fourth-order valence-electron chi connectivity index (χ4n) is 1.82. The molecular weight excluding hydrogens is 252 g/mol. The maximum absolute atomic E-state index is 5.81. The van der Waals surface area contributed by atoms with Crippen molar-refractivity contribution in [2.24, 2.45) is 5.10 Å². The van der Waals surface area contributed by atoms with Crippen LogP contribution >= 0.6 is 0 Å². The molecule has 5 heteroatoms. The molecule has 0 radical (unpaired) electrons. The lowest BCUT2D eigenvalue weighted by Crippen LogP contribution is -2.14. The van der Waals surface area contributed by atoms with Gasteiger partial charge in [-0.3, -0.25) is 0 Å². The second-order valence-corrected chi connectivity index (χ2v) is 4.58. The maximum Gasteiger partial charge on any atom is 0.158 e. The number of imidazole rings is 1. The molecule has 2 rings (SSSR count). The van der Waals surface area contributed by atoms with Crippen LogP contribution in [0, 0.1) is 0 Å². The van der Waals surface area contributed by atoms with Gasteiger partial charge in [-0.15, -0.1) is 0 Å². The Hall–Kier alpha value is -2.30. The Morgan fingerprint density at radius 3 is 2.80 bits per heavy atom. The third-order valence-corrected chi connectivity index (χ3v) is 2.63. The van der Waals surface area contributed by atoms with E-state index in [1.165, 1.54) is 0 Å². The van der Waals surface area contributed by atoms with Gasteiger partial charge in [-0.2, -0.15) is 5.10 Å². The van der Waals surface area contributed by atoms with Crippen molar-refractivity contribution >= 4 is 5.71 Å². The number of hydrogen-bond acceptors (Lipinski definition) is 4. The van der Waals surface area contributed by atoms with Crippen molar-refractivity contribution in [3.05, 3.63) is 48.0 Å². The third-order valence-electron chi connectivity index (χ3n) is 2.63. The van der Waals surface area contributed by atoms with Crippen molar-refractivity contribution in [1.82, 2.24) is 15.0 Å². The largest absolute Gasteiger partial charge is 0.493 e. The number of aromatic amines is 1. The predicted molar refractivity (Wildman–Crippen MR) is 80.1 cm³/mol. The molecule has 0 atom stereocenters. The lowest BCUT2D eigenvalue weighted by Gasteiger charge is -2.13. The minimum Gasteiger partial charge on any atom is -0.493 e. The molecule has 0 saturated heterocycles. The van der Waals surface area contributed by atoms with E-state index in [0.29, 0.717) is 6.61 Å². The molecule has 5 nitrogen and oxygen atoms in total. The van der Waals surface area contributed by atoms with Crippen molar-refractivity contribution in [3.8, 4) is 5.75 Å². The minimum atomic E-state index is 0.685. The van der Waals surface area contributed by atoms with E-state index < -0.39 is 0 Å². The van der Waals surface area contributed by atoms with E-state index in [1.807, 2.05) is 38.4 Å². The van der Waals surface area contributed by atoms with Gasteiger partial charge in [0.15, 0.2) is 5.82 Å². The number of nitrogens with one attached hydrogen (secondary N) is 1. The zero-order valence-electron chi connectivity index (χ0n) is 12.1. The first-order valence-electron chi connectivity index (χ1n) is 6.70. The normalized spacial score (nSPS) is 11.4. The molecule has 0 aliphatic heterocycles. The quantitative estimate of drug-likeness (QED) is 0.649. The van der Waals surface area contributed by atoms with Crippen LogP contribution in [0.1, 0.15) is 24.7 Å². The smallest absolute Gasteiger partial charge is 0.158 e. The van der Waals surface area contributed by atoms with Crippen LogP contribution in [0.4, 0.5) is 0 Å². The predicted octanol–water partition coefficient (Wildman–Crippen LogP) is 2.51. The molecule has 106 valence electrons. The average molecular weight is 272 g/mol.